The SMILES string of the molecule is CC1(C(=O)N2CCCC2c2cccc(F)c2)CCC1.CC1(C(=O)N2CCCC2c2cccc(F)c2)CCCC1. The Morgan fingerprint density at radius 1 is 0.667 bits per heavy atom. The first-order chi connectivity index (χ1) is 18.7. The molecule has 2 saturated heterocycles. The lowest BCUT2D eigenvalue weighted by molar-refractivity contribution is -0.147. The Morgan fingerprint density at radius 3 is 1.44 bits per heavy atom. The van der Waals surface area contributed by atoms with Crippen LogP contribution in [0.3, 0.4) is 0 Å². The predicted molar refractivity (Wildman–Crippen MR) is 149 cm³/mol. The van der Waals surface area contributed by atoms with Gasteiger partial charge in [0.2, 0.25) is 11.8 Å². The fraction of sp³-hybridized carbons (Fsp3) is 0.576. The summed E-state index contributed by atoms with van der Waals surface area (Å²) in [6.45, 7) is 5.80. The molecule has 2 unspecified atom stereocenters. The van der Waals surface area contributed by atoms with Gasteiger partial charge in [-0.1, -0.05) is 57.4 Å². The van der Waals surface area contributed by atoms with Crippen LogP contribution in [-0.4, -0.2) is 34.7 Å². The number of benzene rings is 2. The van der Waals surface area contributed by atoms with Crippen LogP contribution in [0.25, 0.3) is 0 Å². The molecule has 2 aliphatic heterocycles. The van der Waals surface area contributed by atoms with Crippen LogP contribution in [0.2, 0.25) is 0 Å². The molecule has 0 N–H and O–H groups in total. The summed E-state index contributed by atoms with van der Waals surface area (Å²) in [5.41, 5.74) is 1.54. The van der Waals surface area contributed by atoms with Crippen molar-refractivity contribution in [2.45, 2.75) is 96.6 Å². The molecule has 4 aliphatic rings. The molecule has 2 atom stereocenters. The molecular formula is C33H42F2N2O2. The second-order valence-corrected chi connectivity index (χ2v) is 12.6. The Kier molecular flexibility index (Phi) is 8.11. The molecule has 0 bridgehead atoms. The van der Waals surface area contributed by atoms with E-state index >= 15 is 0 Å². The fourth-order valence-electron chi connectivity index (χ4n) is 7.12. The first-order valence-corrected chi connectivity index (χ1v) is 14.8. The van der Waals surface area contributed by atoms with E-state index in [0.717, 1.165) is 94.8 Å². The van der Waals surface area contributed by atoms with Crippen molar-refractivity contribution in [2.24, 2.45) is 10.8 Å². The largest absolute Gasteiger partial charge is 0.335 e. The Balaban J connectivity index is 0.000000158. The van der Waals surface area contributed by atoms with Gasteiger partial charge in [0.1, 0.15) is 11.6 Å². The highest BCUT2D eigenvalue weighted by molar-refractivity contribution is 5.84. The highest BCUT2D eigenvalue weighted by Gasteiger charge is 2.45. The van der Waals surface area contributed by atoms with Crippen LogP contribution in [0, 0.1) is 22.5 Å². The first-order valence-electron chi connectivity index (χ1n) is 14.8. The molecule has 4 nitrogen and oxygen atoms in total. The summed E-state index contributed by atoms with van der Waals surface area (Å²) in [5, 5.41) is 0. The van der Waals surface area contributed by atoms with Crippen molar-refractivity contribution in [3.8, 4) is 0 Å². The van der Waals surface area contributed by atoms with E-state index in [1.165, 1.54) is 12.1 Å². The molecule has 2 saturated carbocycles. The predicted octanol–water partition coefficient (Wildman–Crippen LogP) is 7.75. The molecule has 2 heterocycles. The molecule has 6 heteroatoms. The van der Waals surface area contributed by atoms with Gasteiger partial charge in [-0.25, -0.2) is 8.78 Å². The highest BCUT2D eigenvalue weighted by atomic mass is 19.1. The summed E-state index contributed by atoms with van der Waals surface area (Å²) in [6, 6.07) is 13.5. The third kappa shape index (κ3) is 5.76. The summed E-state index contributed by atoms with van der Waals surface area (Å²) in [4.78, 5) is 29.5. The van der Waals surface area contributed by atoms with Crippen LogP contribution in [0.1, 0.15) is 108 Å². The van der Waals surface area contributed by atoms with E-state index in [4.69, 9.17) is 0 Å². The lowest BCUT2D eigenvalue weighted by Gasteiger charge is -2.41. The van der Waals surface area contributed by atoms with Gasteiger partial charge in [0, 0.05) is 23.9 Å². The molecule has 210 valence electrons. The summed E-state index contributed by atoms with van der Waals surface area (Å²) >= 11 is 0. The first kappa shape index (κ1) is 27.8. The molecule has 39 heavy (non-hydrogen) atoms. The molecule has 0 spiro atoms. The molecule has 0 radical (unpaired) electrons. The minimum atomic E-state index is -0.216. The second kappa shape index (κ2) is 11.4. The van der Waals surface area contributed by atoms with Crippen molar-refractivity contribution in [2.75, 3.05) is 13.1 Å². The van der Waals surface area contributed by atoms with Gasteiger partial charge in [-0.2, -0.15) is 0 Å². The summed E-state index contributed by atoms with van der Waals surface area (Å²) < 4.78 is 26.8. The van der Waals surface area contributed by atoms with Gasteiger partial charge in [-0.15, -0.1) is 0 Å². The molecule has 2 aromatic carbocycles. The third-order valence-corrected chi connectivity index (χ3v) is 9.69. The van der Waals surface area contributed by atoms with Crippen molar-refractivity contribution in [1.82, 2.24) is 9.80 Å². The van der Waals surface area contributed by atoms with Gasteiger partial charge < -0.3 is 9.80 Å². The van der Waals surface area contributed by atoms with E-state index in [9.17, 15) is 18.4 Å². The normalized spacial score (nSPS) is 25.1. The fourth-order valence-corrected chi connectivity index (χ4v) is 7.12. The Morgan fingerprint density at radius 2 is 1.08 bits per heavy atom. The highest BCUT2D eigenvalue weighted by Crippen LogP contribution is 2.45. The van der Waals surface area contributed by atoms with E-state index in [2.05, 4.69) is 13.8 Å². The molecular weight excluding hydrogens is 494 g/mol. The smallest absolute Gasteiger partial charge is 0.229 e. The lowest BCUT2D eigenvalue weighted by Crippen LogP contribution is -2.45. The van der Waals surface area contributed by atoms with Gasteiger partial charge >= 0.3 is 0 Å². The monoisotopic (exact) mass is 536 g/mol. The number of likely N-dealkylation sites (tertiary alicyclic amines) is 2. The van der Waals surface area contributed by atoms with Gasteiger partial charge in [-0.05, 0) is 86.8 Å². The van der Waals surface area contributed by atoms with Crippen molar-refractivity contribution in [1.29, 1.82) is 0 Å². The zero-order chi connectivity index (χ0) is 27.6. The van der Waals surface area contributed by atoms with Gasteiger partial charge in [0.15, 0.2) is 0 Å². The van der Waals surface area contributed by atoms with Crippen LogP contribution in [0.4, 0.5) is 8.78 Å². The van der Waals surface area contributed by atoms with Crippen LogP contribution >= 0.6 is 0 Å². The molecule has 2 aliphatic carbocycles. The number of carbonyl (C=O) groups excluding carboxylic acids is 2. The zero-order valence-electron chi connectivity index (χ0n) is 23.4. The molecule has 6 rings (SSSR count). The second-order valence-electron chi connectivity index (χ2n) is 12.6. The minimum Gasteiger partial charge on any atom is -0.335 e. The van der Waals surface area contributed by atoms with Crippen molar-refractivity contribution < 1.29 is 18.4 Å². The van der Waals surface area contributed by atoms with E-state index in [1.54, 1.807) is 24.3 Å². The van der Waals surface area contributed by atoms with Crippen LogP contribution in [0.5, 0.6) is 0 Å². The Hall–Kier alpha value is -2.76. The van der Waals surface area contributed by atoms with E-state index in [-0.39, 0.29) is 46.4 Å². The lowest BCUT2D eigenvalue weighted by atomic mass is 9.69. The van der Waals surface area contributed by atoms with Crippen LogP contribution in [-0.2, 0) is 9.59 Å². The minimum absolute atomic E-state index is 0.0654. The van der Waals surface area contributed by atoms with Gasteiger partial charge in [-0.3, -0.25) is 9.59 Å². The standard InChI is InChI=1S/C17H22FNO.C16H20FNO/c1-17(9-2-3-10-17)16(20)19-11-5-8-15(19)13-6-4-7-14(18)12-13;1-16(8-4-9-16)15(19)18-10-3-7-14(18)12-5-2-6-13(17)11-12/h4,6-7,12,15H,2-3,5,8-11H2,1H3;2,5-6,11,14H,3-4,7-10H2,1H3. The summed E-state index contributed by atoms with van der Waals surface area (Å²) in [7, 11) is 0. The average Bonchev–Trinajstić information content (AvgIpc) is 3.68. The maximum absolute atomic E-state index is 13.4. The third-order valence-electron chi connectivity index (χ3n) is 9.69. The van der Waals surface area contributed by atoms with Crippen molar-refractivity contribution >= 4 is 11.8 Å². The number of halogens is 2. The maximum Gasteiger partial charge on any atom is 0.229 e. The zero-order valence-corrected chi connectivity index (χ0v) is 23.4. The topological polar surface area (TPSA) is 40.6 Å². The van der Waals surface area contributed by atoms with Crippen molar-refractivity contribution in [3.63, 3.8) is 0 Å². The van der Waals surface area contributed by atoms with E-state index < -0.39 is 0 Å². The number of hydrogen-bond acceptors (Lipinski definition) is 2. The number of hydrogen-bond donors (Lipinski definition) is 0. The molecule has 0 aromatic heterocycles. The van der Waals surface area contributed by atoms with Crippen LogP contribution < -0.4 is 0 Å². The molecule has 4 fully saturated rings. The molecule has 2 aromatic rings. The van der Waals surface area contributed by atoms with E-state index in [1.807, 2.05) is 21.9 Å². The van der Waals surface area contributed by atoms with Gasteiger partial charge in [0.05, 0.1) is 12.1 Å². The number of rotatable bonds is 4. The quantitative estimate of drug-likeness (QED) is 0.401. The van der Waals surface area contributed by atoms with Gasteiger partial charge in [0.25, 0.3) is 0 Å². The number of carbonyl (C=O) groups is 2. The van der Waals surface area contributed by atoms with Crippen LogP contribution in [0.15, 0.2) is 48.5 Å². The molecule has 2 amide bonds. The summed E-state index contributed by atoms with van der Waals surface area (Å²) in [6.07, 6.45) is 11.4. The van der Waals surface area contributed by atoms with E-state index in [0.29, 0.717) is 0 Å². The average molecular weight is 537 g/mol. The Labute approximate surface area is 231 Å². The number of amides is 2. The Bertz CT molecular complexity index is 1190. The maximum atomic E-state index is 13.4. The summed E-state index contributed by atoms with van der Waals surface area (Å²) in [5.74, 6) is 0.118. The van der Waals surface area contributed by atoms with Crippen molar-refractivity contribution in [3.05, 3.63) is 71.3 Å². The number of nitrogens with zero attached hydrogens (tertiary/aromatic N) is 2.